The Kier molecular flexibility index (Phi) is 6.04. The molecule has 0 aliphatic heterocycles. The predicted octanol–water partition coefficient (Wildman–Crippen LogP) is 2.94. The predicted molar refractivity (Wildman–Crippen MR) is 83.0 cm³/mol. The first-order valence-electron chi connectivity index (χ1n) is 7.11. The molecule has 0 aromatic carbocycles. The Morgan fingerprint density at radius 1 is 1.38 bits per heavy atom. The van der Waals surface area contributed by atoms with Crippen molar-refractivity contribution in [1.82, 2.24) is 10.3 Å². The first-order chi connectivity index (χ1) is 10.1. The van der Waals surface area contributed by atoms with E-state index in [0.29, 0.717) is 12.2 Å². The number of hydrogen-bond acceptors (Lipinski definition) is 3. The Bertz CT molecular complexity index is 537. The zero-order chi connectivity index (χ0) is 15.1. The van der Waals surface area contributed by atoms with Crippen LogP contribution in [0.5, 0.6) is 0 Å². The lowest BCUT2D eigenvalue weighted by molar-refractivity contribution is -0.124. The van der Waals surface area contributed by atoms with Crippen molar-refractivity contribution >= 4 is 27.8 Å². The zero-order valence-electron chi connectivity index (χ0n) is 11.8. The van der Waals surface area contributed by atoms with Crippen LogP contribution >= 0.6 is 15.9 Å². The third-order valence-electron chi connectivity index (χ3n) is 3.36. The normalized spacial score (nSPS) is 14.4. The summed E-state index contributed by atoms with van der Waals surface area (Å²) in [6, 6.07) is 1.61. The number of amides is 1. The Hall–Kier alpha value is -1.56. The van der Waals surface area contributed by atoms with Crippen molar-refractivity contribution in [2.75, 3.05) is 13.2 Å². The monoisotopic (exact) mass is 354 g/mol. The van der Waals surface area contributed by atoms with E-state index in [1.807, 2.05) is 0 Å². The van der Waals surface area contributed by atoms with Gasteiger partial charge in [0.15, 0.2) is 6.61 Å². The van der Waals surface area contributed by atoms with E-state index in [4.69, 9.17) is 4.74 Å². The van der Waals surface area contributed by atoms with Crippen molar-refractivity contribution in [2.45, 2.75) is 32.1 Å². The number of hydrogen-bond donors (Lipinski definition) is 2. The molecule has 0 saturated heterocycles. The summed E-state index contributed by atoms with van der Waals surface area (Å²) in [6.45, 7) is 0.338. The Labute approximate surface area is 132 Å². The van der Waals surface area contributed by atoms with Crippen LogP contribution in [0.15, 0.2) is 28.4 Å². The number of carbonyl (C=O) groups excluding carboxylic acids is 2. The number of allylic oxidation sites excluding steroid dienone is 1. The molecule has 0 atom stereocenters. The van der Waals surface area contributed by atoms with Crippen molar-refractivity contribution in [3.05, 3.63) is 34.1 Å². The maximum absolute atomic E-state index is 11.6. The molecule has 1 aromatic heterocycles. The van der Waals surface area contributed by atoms with Gasteiger partial charge in [0.2, 0.25) is 0 Å². The van der Waals surface area contributed by atoms with Crippen molar-refractivity contribution in [2.24, 2.45) is 0 Å². The van der Waals surface area contributed by atoms with Gasteiger partial charge in [0.05, 0.1) is 0 Å². The third-order valence-corrected chi connectivity index (χ3v) is 3.81. The van der Waals surface area contributed by atoms with Gasteiger partial charge in [-0.3, -0.25) is 4.79 Å². The van der Waals surface area contributed by atoms with E-state index in [0.717, 1.165) is 23.7 Å². The molecule has 2 N–H and O–H groups in total. The van der Waals surface area contributed by atoms with E-state index in [1.54, 1.807) is 12.3 Å². The molecule has 1 amide bonds. The molecule has 0 saturated carbocycles. The molecule has 1 aliphatic carbocycles. The molecule has 0 unspecified atom stereocenters. The van der Waals surface area contributed by atoms with Crippen LogP contribution in [0.1, 0.15) is 42.6 Å². The van der Waals surface area contributed by atoms with E-state index >= 15 is 0 Å². The third kappa shape index (κ3) is 5.38. The van der Waals surface area contributed by atoms with Crippen LogP contribution in [0, 0.1) is 0 Å². The Balaban J connectivity index is 1.63. The molecule has 2 rings (SSSR count). The molecule has 21 heavy (non-hydrogen) atoms. The minimum atomic E-state index is -0.536. The van der Waals surface area contributed by atoms with Crippen LogP contribution in [-0.2, 0) is 9.53 Å². The van der Waals surface area contributed by atoms with E-state index < -0.39 is 5.97 Å². The topological polar surface area (TPSA) is 71.2 Å². The fourth-order valence-electron chi connectivity index (χ4n) is 2.24. The smallest absolute Gasteiger partial charge is 0.355 e. The molecule has 0 bridgehead atoms. The summed E-state index contributed by atoms with van der Waals surface area (Å²) in [5.74, 6) is -0.809. The highest BCUT2D eigenvalue weighted by atomic mass is 79.9. The van der Waals surface area contributed by atoms with Gasteiger partial charge in [-0.15, -0.1) is 0 Å². The standard InChI is InChI=1S/C15H19BrN2O3/c16-12-8-13(18-9-12)15(20)21-10-14(19)17-7-6-11-4-2-1-3-5-11/h4,8-9,18H,1-3,5-7,10H2,(H,17,19). The number of H-pyrrole nitrogens is 1. The summed E-state index contributed by atoms with van der Waals surface area (Å²) in [7, 11) is 0. The Morgan fingerprint density at radius 2 is 2.24 bits per heavy atom. The van der Waals surface area contributed by atoms with Crippen molar-refractivity contribution in [3.8, 4) is 0 Å². The minimum Gasteiger partial charge on any atom is -0.451 e. The fraction of sp³-hybridized carbons (Fsp3) is 0.467. The lowest BCUT2D eigenvalue weighted by atomic mass is 9.97. The van der Waals surface area contributed by atoms with Gasteiger partial charge in [0.1, 0.15) is 5.69 Å². The highest BCUT2D eigenvalue weighted by Gasteiger charge is 2.12. The molecule has 0 radical (unpaired) electrons. The SMILES string of the molecule is O=C(COC(=O)c1cc(Br)c[nH]1)NCCC1=CCCCC1. The molecule has 6 heteroatoms. The number of halogens is 1. The molecule has 1 aromatic rings. The number of nitrogens with one attached hydrogen (secondary N) is 2. The molecule has 5 nitrogen and oxygen atoms in total. The first kappa shape index (κ1) is 15.8. The maximum atomic E-state index is 11.6. The number of aromatic amines is 1. The van der Waals surface area contributed by atoms with Crippen molar-refractivity contribution in [1.29, 1.82) is 0 Å². The number of rotatable bonds is 6. The largest absolute Gasteiger partial charge is 0.451 e. The fourth-order valence-corrected chi connectivity index (χ4v) is 2.58. The second-order valence-electron chi connectivity index (χ2n) is 5.02. The van der Waals surface area contributed by atoms with Crippen LogP contribution in [0.2, 0.25) is 0 Å². The van der Waals surface area contributed by atoms with Gasteiger partial charge in [0.25, 0.3) is 5.91 Å². The summed E-state index contributed by atoms with van der Waals surface area (Å²) in [4.78, 5) is 26.0. The average molecular weight is 355 g/mol. The van der Waals surface area contributed by atoms with E-state index in [9.17, 15) is 9.59 Å². The molecule has 1 aliphatic rings. The summed E-state index contributed by atoms with van der Waals surface area (Å²) in [5, 5.41) is 2.77. The van der Waals surface area contributed by atoms with Gasteiger partial charge < -0.3 is 15.0 Å². The highest BCUT2D eigenvalue weighted by Crippen LogP contribution is 2.19. The Morgan fingerprint density at radius 3 is 2.90 bits per heavy atom. The summed E-state index contributed by atoms with van der Waals surface area (Å²) < 4.78 is 5.69. The lowest BCUT2D eigenvalue weighted by Gasteiger charge is -2.12. The number of carbonyl (C=O) groups is 2. The van der Waals surface area contributed by atoms with E-state index in [1.165, 1.54) is 18.4 Å². The van der Waals surface area contributed by atoms with Crippen LogP contribution in [0.4, 0.5) is 0 Å². The van der Waals surface area contributed by atoms with E-state index in [2.05, 4.69) is 32.3 Å². The molecule has 0 fully saturated rings. The number of aromatic nitrogens is 1. The second kappa shape index (κ2) is 8.02. The molecule has 114 valence electrons. The number of ether oxygens (including phenoxy) is 1. The van der Waals surface area contributed by atoms with Gasteiger partial charge in [-0.1, -0.05) is 11.6 Å². The molecule has 1 heterocycles. The zero-order valence-corrected chi connectivity index (χ0v) is 13.4. The quantitative estimate of drug-likeness (QED) is 0.609. The van der Waals surface area contributed by atoms with Gasteiger partial charge in [-0.25, -0.2) is 4.79 Å². The van der Waals surface area contributed by atoms with Gasteiger partial charge in [0, 0.05) is 17.2 Å². The maximum Gasteiger partial charge on any atom is 0.355 e. The van der Waals surface area contributed by atoms with Crippen LogP contribution in [-0.4, -0.2) is 30.0 Å². The van der Waals surface area contributed by atoms with Crippen LogP contribution < -0.4 is 5.32 Å². The van der Waals surface area contributed by atoms with Crippen LogP contribution in [0.3, 0.4) is 0 Å². The molecular formula is C15H19BrN2O3. The summed E-state index contributed by atoms with van der Waals surface area (Å²) in [6.07, 6.45) is 9.56. The minimum absolute atomic E-state index is 0.255. The summed E-state index contributed by atoms with van der Waals surface area (Å²) >= 11 is 3.23. The van der Waals surface area contributed by atoms with Crippen molar-refractivity contribution < 1.29 is 14.3 Å². The van der Waals surface area contributed by atoms with Gasteiger partial charge >= 0.3 is 5.97 Å². The van der Waals surface area contributed by atoms with E-state index in [-0.39, 0.29) is 12.5 Å². The second-order valence-corrected chi connectivity index (χ2v) is 5.93. The molecular weight excluding hydrogens is 336 g/mol. The highest BCUT2D eigenvalue weighted by molar-refractivity contribution is 9.10. The van der Waals surface area contributed by atoms with Gasteiger partial charge in [-0.2, -0.15) is 0 Å². The lowest BCUT2D eigenvalue weighted by Crippen LogP contribution is -2.29. The molecule has 0 spiro atoms. The van der Waals surface area contributed by atoms with Crippen molar-refractivity contribution in [3.63, 3.8) is 0 Å². The van der Waals surface area contributed by atoms with Gasteiger partial charge in [-0.05, 0) is 54.1 Å². The van der Waals surface area contributed by atoms with Crippen LogP contribution in [0.25, 0.3) is 0 Å². The first-order valence-corrected chi connectivity index (χ1v) is 7.90. The average Bonchev–Trinajstić information content (AvgIpc) is 2.92. The summed E-state index contributed by atoms with van der Waals surface area (Å²) in [5.41, 5.74) is 1.73. The number of esters is 1.